The molecular weight excluding hydrogens is 368 g/mol. The van der Waals surface area contributed by atoms with Gasteiger partial charge in [-0.2, -0.15) is 4.31 Å². The number of nitrogens with zero attached hydrogens (tertiary/aromatic N) is 1. The maximum atomic E-state index is 12.9. The van der Waals surface area contributed by atoms with Crippen molar-refractivity contribution in [1.29, 1.82) is 0 Å². The van der Waals surface area contributed by atoms with Gasteiger partial charge in [-0.25, -0.2) is 8.42 Å². The molecule has 2 aromatic carbocycles. The number of hydrogen-bond donors (Lipinski definition) is 1. The van der Waals surface area contributed by atoms with E-state index in [1.807, 2.05) is 0 Å². The monoisotopic (exact) mass is 390 g/mol. The number of anilines is 1. The maximum absolute atomic E-state index is 12.9. The minimum atomic E-state index is -3.67. The number of morpholine rings is 1. The van der Waals surface area contributed by atoms with E-state index in [0.29, 0.717) is 43.3 Å². The molecule has 1 fully saturated rings. The van der Waals surface area contributed by atoms with E-state index in [-0.39, 0.29) is 16.4 Å². The summed E-state index contributed by atoms with van der Waals surface area (Å²) in [5.41, 5.74) is 1.48. The first-order valence-corrected chi connectivity index (χ1v) is 10.00. The molecule has 0 spiro atoms. The highest BCUT2D eigenvalue weighted by Crippen LogP contribution is 2.23. The molecule has 144 valence electrons. The molecule has 0 aromatic heterocycles. The van der Waals surface area contributed by atoms with Gasteiger partial charge < -0.3 is 14.8 Å². The number of amides is 1. The summed E-state index contributed by atoms with van der Waals surface area (Å²) < 4.78 is 37.6. The Hall–Kier alpha value is -2.42. The van der Waals surface area contributed by atoms with Gasteiger partial charge in [-0.3, -0.25) is 4.79 Å². The fourth-order valence-electron chi connectivity index (χ4n) is 2.82. The predicted octanol–water partition coefficient (Wildman–Crippen LogP) is 2.28. The second-order valence-electron chi connectivity index (χ2n) is 6.18. The Bertz CT molecular complexity index is 920. The van der Waals surface area contributed by atoms with Crippen LogP contribution in [0.4, 0.5) is 5.69 Å². The lowest BCUT2D eigenvalue weighted by Gasteiger charge is -2.26. The first-order chi connectivity index (χ1) is 12.9. The first kappa shape index (κ1) is 19.3. The van der Waals surface area contributed by atoms with Gasteiger partial charge in [-0.15, -0.1) is 0 Å². The number of ether oxygens (including phenoxy) is 2. The number of methoxy groups -OCH3 is 1. The van der Waals surface area contributed by atoms with E-state index in [1.54, 1.807) is 50.4 Å². The molecule has 0 unspecified atom stereocenters. The lowest BCUT2D eigenvalue weighted by molar-refractivity contribution is 0.0730. The van der Waals surface area contributed by atoms with Crippen LogP contribution in [0.1, 0.15) is 15.9 Å². The summed E-state index contributed by atoms with van der Waals surface area (Å²) in [7, 11) is -2.11. The van der Waals surface area contributed by atoms with Crippen LogP contribution in [-0.2, 0) is 14.8 Å². The second-order valence-corrected chi connectivity index (χ2v) is 8.09. The minimum Gasteiger partial charge on any atom is -0.497 e. The summed E-state index contributed by atoms with van der Waals surface area (Å²) in [5.74, 6) is 0.306. The molecule has 27 heavy (non-hydrogen) atoms. The molecule has 1 aliphatic rings. The average Bonchev–Trinajstić information content (AvgIpc) is 2.69. The van der Waals surface area contributed by atoms with Gasteiger partial charge in [0, 0.05) is 24.3 Å². The van der Waals surface area contributed by atoms with Crippen LogP contribution in [0.15, 0.2) is 47.4 Å². The molecule has 0 atom stereocenters. The van der Waals surface area contributed by atoms with Crippen molar-refractivity contribution in [2.45, 2.75) is 11.8 Å². The molecule has 0 bridgehead atoms. The summed E-state index contributed by atoms with van der Waals surface area (Å²) in [5, 5.41) is 2.76. The Morgan fingerprint density at radius 1 is 1.11 bits per heavy atom. The number of hydrogen-bond acceptors (Lipinski definition) is 5. The van der Waals surface area contributed by atoms with Crippen molar-refractivity contribution >= 4 is 21.6 Å². The largest absolute Gasteiger partial charge is 0.497 e. The number of sulfonamides is 1. The van der Waals surface area contributed by atoms with Crippen molar-refractivity contribution in [2.75, 3.05) is 38.7 Å². The van der Waals surface area contributed by atoms with Crippen LogP contribution < -0.4 is 10.1 Å². The van der Waals surface area contributed by atoms with Crippen molar-refractivity contribution in [3.63, 3.8) is 0 Å². The van der Waals surface area contributed by atoms with Crippen molar-refractivity contribution in [1.82, 2.24) is 4.31 Å². The molecule has 7 nitrogen and oxygen atoms in total. The molecule has 3 rings (SSSR count). The normalized spacial score (nSPS) is 15.3. The lowest BCUT2D eigenvalue weighted by atomic mass is 10.1. The summed E-state index contributed by atoms with van der Waals surface area (Å²) in [6.45, 7) is 3.08. The summed E-state index contributed by atoms with van der Waals surface area (Å²) in [4.78, 5) is 12.7. The van der Waals surface area contributed by atoms with E-state index in [9.17, 15) is 13.2 Å². The van der Waals surface area contributed by atoms with E-state index in [1.165, 1.54) is 10.4 Å². The Labute approximate surface area is 158 Å². The number of carbonyl (C=O) groups is 1. The van der Waals surface area contributed by atoms with E-state index >= 15 is 0 Å². The summed E-state index contributed by atoms with van der Waals surface area (Å²) in [6.07, 6.45) is 0. The standard InChI is InChI=1S/C19H22N2O5S/c1-14-3-4-15(19(22)20-16-5-7-17(25-2)8-6-16)13-18(14)27(23,24)21-9-11-26-12-10-21/h3-8,13H,9-12H2,1-2H3,(H,20,22). The maximum Gasteiger partial charge on any atom is 0.255 e. The Balaban J connectivity index is 1.84. The SMILES string of the molecule is COc1ccc(NC(=O)c2ccc(C)c(S(=O)(=O)N3CCOCC3)c2)cc1. The number of carbonyl (C=O) groups excluding carboxylic acids is 1. The third-order valence-electron chi connectivity index (χ3n) is 4.39. The van der Waals surface area contributed by atoms with E-state index in [4.69, 9.17) is 9.47 Å². The van der Waals surface area contributed by atoms with Crippen molar-refractivity contribution in [3.8, 4) is 5.75 Å². The zero-order chi connectivity index (χ0) is 19.4. The lowest BCUT2D eigenvalue weighted by Crippen LogP contribution is -2.40. The average molecular weight is 390 g/mol. The summed E-state index contributed by atoms with van der Waals surface area (Å²) in [6, 6.07) is 11.6. The molecule has 8 heteroatoms. The molecule has 0 aliphatic carbocycles. The Morgan fingerprint density at radius 3 is 2.41 bits per heavy atom. The number of rotatable bonds is 5. The smallest absolute Gasteiger partial charge is 0.255 e. The van der Waals surface area contributed by atoms with Gasteiger partial charge in [0.25, 0.3) is 5.91 Å². The summed E-state index contributed by atoms with van der Waals surface area (Å²) >= 11 is 0. The highest BCUT2D eigenvalue weighted by molar-refractivity contribution is 7.89. The molecule has 1 aliphatic heterocycles. The van der Waals surface area contributed by atoms with Crippen molar-refractivity contribution < 1.29 is 22.7 Å². The van der Waals surface area contributed by atoms with Crippen molar-refractivity contribution in [3.05, 3.63) is 53.6 Å². The Kier molecular flexibility index (Phi) is 5.79. The quantitative estimate of drug-likeness (QED) is 0.847. The minimum absolute atomic E-state index is 0.145. The number of benzene rings is 2. The van der Waals surface area contributed by atoms with Gasteiger partial charge in [0.05, 0.1) is 25.2 Å². The highest BCUT2D eigenvalue weighted by Gasteiger charge is 2.28. The van der Waals surface area contributed by atoms with E-state index in [0.717, 1.165) is 0 Å². The molecule has 1 heterocycles. The Morgan fingerprint density at radius 2 is 1.78 bits per heavy atom. The zero-order valence-electron chi connectivity index (χ0n) is 15.3. The van der Waals surface area contributed by atoms with Gasteiger partial charge in [0.2, 0.25) is 10.0 Å². The van der Waals surface area contributed by atoms with Gasteiger partial charge in [-0.1, -0.05) is 6.07 Å². The number of nitrogens with one attached hydrogen (secondary N) is 1. The van der Waals surface area contributed by atoms with Crippen LogP contribution in [-0.4, -0.2) is 52.0 Å². The second kappa shape index (κ2) is 8.08. The first-order valence-electron chi connectivity index (χ1n) is 8.56. The third-order valence-corrected chi connectivity index (χ3v) is 6.43. The fraction of sp³-hybridized carbons (Fsp3) is 0.316. The third kappa shape index (κ3) is 4.29. The molecule has 1 saturated heterocycles. The van der Waals surface area contributed by atoms with Gasteiger partial charge in [0.1, 0.15) is 5.75 Å². The molecule has 2 aromatic rings. The molecule has 1 N–H and O–H groups in total. The van der Waals surface area contributed by atoms with Crippen LogP contribution in [0, 0.1) is 6.92 Å². The van der Waals surface area contributed by atoms with Gasteiger partial charge >= 0.3 is 0 Å². The van der Waals surface area contributed by atoms with Crippen LogP contribution in [0.2, 0.25) is 0 Å². The van der Waals surface area contributed by atoms with E-state index < -0.39 is 10.0 Å². The zero-order valence-corrected chi connectivity index (χ0v) is 16.1. The van der Waals surface area contributed by atoms with Crippen LogP contribution >= 0.6 is 0 Å². The fourth-order valence-corrected chi connectivity index (χ4v) is 4.48. The van der Waals surface area contributed by atoms with E-state index in [2.05, 4.69) is 5.32 Å². The molecule has 0 saturated carbocycles. The van der Waals surface area contributed by atoms with Crippen LogP contribution in [0.3, 0.4) is 0 Å². The van der Waals surface area contributed by atoms with Crippen LogP contribution in [0.25, 0.3) is 0 Å². The topological polar surface area (TPSA) is 84.9 Å². The number of aryl methyl sites for hydroxylation is 1. The van der Waals surface area contributed by atoms with Crippen molar-refractivity contribution in [2.24, 2.45) is 0 Å². The van der Waals surface area contributed by atoms with Gasteiger partial charge in [0.15, 0.2) is 0 Å². The molecule has 0 radical (unpaired) electrons. The highest BCUT2D eigenvalue weighted by atomic mass is 32.2. The van der Waals surface area contributed by atoms with Gasteiger partial charge in [-0.05, 0) is 48.9 Å². The molecular formula is C19H22N2O5S. The van der Waals surface area contributed by atoms with Crippen LogP contribution in [0.5, 0.6) is 5.75 Å². The predicted molar refractivity (Wildman–Crippen MR) is 102 cm³/mol. The molecule has 1 amide bonds.